The van der Waals surface area contributed by atoms with Crippen LogP contribution in [0.2, 0.25) is 0 Å². The van der Waals surface area contributed by atoms with E-state index in [0.29, 0.717) is 10.9 Å². The summed E-state index contributed by atoms with van der Waals surface area (Å²) in [6.07, 6.45) is 1.44. The van der Waals surface area contributed by atoms with Gasteiger partial charge in [-0.1, -0.05) is 18.2 Å². The van der Waals surface area contributed by atoms with Gasteiger partial charge in [0.15, 0.2) is 0 Å². The number of halogens is 1. The zero-order chi connectivity index (χ0) is 17.3. The first-order valence-corrected chi connectivity index (χ1v) is 8.71. The number of amides is 1. The van der Waals surface area contributed by atoms with Crippen molar-refractivity contribution in [2.75, 3.05) is 7.05 Å². The van der Waals surface area contributed by atoms with E-state index in [-0.39, 0.29) is 22.2 Å². The number of aromatic nitrogens is 1. The van der Waals surface area contributed by atoms with Gasteiger partial charge in [0, 0.05) is 24.1 Å². The molecule has 7 heteroatoms. The molecule has 124 valence electrons. The van der Waals surface area contributed by atoms with Crippen LogP contribution in [0.3, 0.4) is 0 Å². The van der Waals surface area contributed by atoms with Crippen LogP contribution in [-0.2, 0) is 21.2 Å². The first kappa shape index (κ1) is 16.2. The monoisotopic (exact) mass is 346 g/mol. The van der Waals surface area contributed by atoms with Crippen LogP contribution in [0.5, 0.6) is 0 Å². The minimum atomic E-state index is -3.82. The molecule has 1 amide bonds. The second-order valence-electron chi connectivity index (χ2n) is 5.27. The van der Waals surface area contributed by atoms with E-state index in [1.165, 1.54) is 25.4 Å². The molecule has 0 aliphatic carbocycles. The second-order valence-corrected chi connectivity index (χ2v) is 7.19. The Morgan fingerprint density at radius 2 is 1.79 bits per heavy atom. The van der Waals surface area contributed by atoms with Crippen molar-refractivity contribution in [1.82, 2.24) is 9.88 Å². The lowest BCUT2D eigenvalue weighted by Crippen LogP contribution is -2.23. The predicted molar refractivity (Wildman–Crippen MR) is 87.9 cm³/mol. The molecule has 0 aliphatic heterocycles. The van der Waals surface area contributed by atoms with E-state index >= 15 is 0 Å². The van der Waals surface area contributed by atoms with Gasteiger partial charge in [0.25, 0.3) is 0 Å². The number of fused-ring (bicyclic) bond motifs is 1. The Hall–Kier alpha value is -2.67. The number of nitrogens with one attached hydrogen (secondary N) is 1. The Labute approximate surface area is 138 Å². The summed E-state index contributed by atoms with van der Waals surface area (Å²) < 4.78 is 40.4. The number of hydrogen-bond acceptors (Lipinski definition) is 3. The van der Waals surface area contributed by atoms with Crippen molar-refractivity contribution in [2.45, 2.75) is 16.3 Å². The van der Waals surface area contributed by atoms with Crippen molar-refractivity contribution in [2.24, 2.45) is 0 Å². The van der Waals surface area contributed by atoms with Crippen molar-refractivity contribution in [3.8, 4) is 0 Å². The van der Waals surface area contributed by atoms with Crippen LogP contribution >= 0.6 is 0 Å². The van der Waals surface area contributed by atoms with Gasteiger partial charge in [-0.3, -0.25) is 4.79 Å². The van der Waals surface area contributed by atoms with E-state index < -0.39 is 15.7 Å². The smallest absolute Gasteiger partial charge is 0.239 e. The molecule has 0 radical (unpaired) electrons. The first-order chi connectivity index (χ1) is 11.4. The fraction of sp³-hybridized carbons (Fsp3) is 0.118. The van der Waals surface area contributed by atoms with Gasteiger partial charge in [0.2, 0.25) is 15.7 Å². The Morgan fingerprint density at radius 1 is 1.12 bits per heavy atom. The summed E-state index contributed by atoms with van der Waals surface area (Å²) in [7, 11) is -2.31. The van der Waals surface area contributed by atoms with E-state index in [0.717, 1.165) is 12.1 Å². The normalized spacial score (nSPS) is 11.6. The van der Waals surface area contributed by atoms with Gasteiger partial charge >= 0.3 is 0 Å². The van der Waals surface area contributed by atoms with E-state index in [1.54, 1.807) is 28.8 Å². The number of benzene rings is 2. The number of hydrogen-bond donors (Lipinski definition) is 1. The lowest BCUT2D eigenvalue weighted by molar-refractivity contribution is -0.121. The summed E-state index contributed by atoms with van der Waals surface area (Å²) in [5, 5.41) is 3.03. The van der Waals surface area contributed by atoms with E-state index in [9.17, 15) is 17.6 Å². The van der Waals surface area contributed by atoms with E-state index in [2.05, 4.69) is 5.32 Å². The summed E-state index contributed by atoms with van der Waals surface area (Å²) in [6, 6.07) is 11.6. The zero-order valence-electron chi connectivity index (χ0n) is 12.9. The highest BCUT2D eigenvalue weighted by molar-refractivity contribution is 7.91. The van der Waals surface area contributed by atoms with Crippen molar-refractivity contribution in [3.63, 3.8) is 0 Å². The van der Waals surface area contributed by atoms with E-state index in [4.69, 9.17) is 0 Å². The van der Waals surface area contributed by atoms with Crippen LogP contribution in [0.1, 0.15) is 0 Å². The lowest BCUT2D eigenvalue weighted by atomic mass is 10.2. The Morgan fingerprint density at radius 3 is 2.46 bits per heavy atom. The van der Waals surface area contributed by atoms with Crippen molar-refractivity contribution >= 4 is 26.6 Å². The van der Waals surface area contributed by atoms with Crippen molar-refractivity contribution in [1.29, 1.82) is 0 Å². The maximum atomic E-state index is 13.1. The highest BCUT2D eigenvalue weighted by atomic mass is 32.2. The Balaban J connectivity index is 2.19. The molecule has 0 saturated carbocycles. The molecule has 5 nitrogen and oxygen atoms in total. The zero-order valence-corrected chi connectivity index (χ0v) is 13.7. The average molecular weight is 346 g/mol. The van der Waals surface area contributed by atoms with Gasteiger partial charge in [-0.05, 0) is 30.3 Å². The number of para-hydroxylation sites is 1. The van der Waals surface area contributed by atoms with Crippen LogP contribution < -0.4 is 5.32 Å². The maximum absolute atomic E-state index is 13.1. The molecule has 0 fully saturated rings. The summed E-state index contributed by atoms with van der Waals surface area (Å²) in [5.74, 6) is -0.738. The molecular formula is C17H15FN2O3S. The molecule has 0 atom stereocenters. The fourth-order valence-corrected chi connectivity index (χ4v) is 4.01. The Bertz CT molecular complexity index is 1010. The Kier molecular flexibility index (Phi) is 4.11. The van der Waals surface area contributed by atoms with Crippen molar-refractivity contribution < 1.29 is 17.6 Å². The average Bonchev–Trinajstić information content (AvgIpc) is 2.95. The molecule has 0 spiro atoms. The molecule has 3 rings (SSSR count). The summed E-state index contributed by atoms with van der Waals surface area (Å²) in [5.41, 5.74) is 0.641. The summed E-state index contributed by atoms with van der Waals surface area (Å²) >= 11 is 0. The first-order valence-electron chi connectivity index (χ1n) is 7.22. The highest BCUT2D eigenvalue weighted by Crippen LogP contribution is 2.30. The third-order valence-corrected chi connectivity index (χ3v) is 5.56. The number of carbonyl (C=O) groups excluding carboxylic acids is 1. The summed E-state index contributed by atoms with van der Waals surface area (Å²) in [6.45, 7) is 0.00987. The topological polar surface area (TPSA) is 68.2 Å². The molecule has 0 bridgehead atoms. The van der Waals surface area contributed by atoms with Crippen LogP contribution in [0.25, 0.3) is 10.9 Å². The number of carbonyl (C=O) groups is 1. The van der Waals surface area contributed by atoms with Crippen LogP contribution in [0, 0.1) is 5.82 Å². The molecule has 2 aromatic carbocycles. The largest absolute Gasteiger partial charge is 0.358 e. The second kappa shape index (κ2) is 6.09. The molecule has 1 heterocycles. The molecular weight excluding hydrogens is 331 g/mol. The standard InChI is InChI=1S/C17H15FN2O3S/c1-19-17(21)11-20-10-16(14-4-2-3-5-15(14)20)24(22,23)13-8-6-12(18)7-9-13/h2-10H,11H2,1H3,(H,19,21). The molecule has 1 N–H and O–H groups in total. The molecule has 0 aliphatic rings. The number of nitrogens with zero attached hydrogens (tertiary/aromatic N) is 1. The quantitative estimate of drug-likeness (QED) is 0.738. The van der Waals surface area contributed by atoms with Crippen LogP contribution in [0.4, 0.5) is 4.39 Å². The third-order valence-electron chi connectivity index (χ3n) is 3.76. The third kappa shape index (κ3) is 2.78. The van der Waals surface area contributed by atoms with Gasteiger partial charge in [-0.25, -0.2) is 12.8 Å². The number of likely N-dealkylation sites (N-methyl/N-ethyl adjacent to an activating group) is 1. The van der Waals surface area contributed by atoms with Gasteiger partial charge in [-0.15, -0.1) is 0 Å². The minimum absolute atomic E-state index is 0.00625. The predicted octanol–water partition coefficient (Wildman–Crippen LogP) is 2.36. The van der Waals surface area contributed by atoms with Gasteiger partial charge in [0.1, 0.15) is 12.4 Å². The highest BCUT2D eigenvalue weighted by Gasteiger charge is 2.23. The molecule has 3 aromatic rings. The number of sulfone groups is 1. The lowest BCUT2D eigenvalue weighted by Gasteiger charge is -2.03. The molecule has 24 heavy (non-hydrogen) atoms. The fourth-order valence-electron chi connectivity index (χ4n) is 2.53. The molecule has 0 saturated heterocycles. The van der Waals surface area contributed by atoms with Crippen LogP contribution in [-0.4, -0.2) is 25.9 Å². The van der Waals surface area contributed by atoms with Crippen LogP contribution in [0.15, 0.2) is 64.5 Å². The van der Waals surface area contributed by atoms with Gasteiger partial charge in [-0.2, -0.15) is 0 Å². The molecule has 1 aromatic heterocycles. The molecule has 0 unspecified atom stereocenters. The van der Waals surface area contributed by atoms with Gasteiger partial charge in [0.05, 0.1) is 9.79 Å². The number of rotatable bonds is 4. The van der Waals surface area contributed by atoms with Gasteiger partial charge < -0.3 is 9.88 Å². The maximum Gasteiger partial charge on any atom is 0.239 e. The summed E-state index contributed by atoms with van der Waals surface area (Å²) in [4.78, 5) is 11.8. The minimum Gasteiger partial charge on any atom is -0.358 e. The van der Waals surface area contributed by atoms with Crippen molar-refractivity contribution in [3.05, 3.63) is 60.5 Å². The SMILES string of the molecule is CNC(=O)Cn1cc(S(=O)(=O)c2ccc(F)cc2)c2ccccc21. The van der Waals surface area contributed by atoms with E-state index in [1.807, 2.05) is 0 Å².